The van der Waals surface area contributed by atoms with E-state index < -0.39 is 0 Å². The van der Waals surface area contributed by atoms with E-state index in [1.807, 2.05) is 0 Å². The molecule has 0 spiro atoms. The Morgan fingerprint density at radius 1 is 1.24 bits per heavy atom. The third-order valence-electron chi connectivity index (χ3n) is 4.80. The van der Waals surface area contributed by atoms with Gasteiger partial charge in [-0.15, -0.1) is 0 Å². The van der Waals surface area contributed by atoms with E-state index in [1.165, 1.54) is 36.0 Å². The summed E-state index contributed by atoms with van der Waals surface area (Å²) in [5.74, 6) is 8.48. The van der Waals surface area contributed by atoms with Crippen LogP contribution in [0, 0.1) is 31.6 Å². The monoisotopic (exact) mass is 230 g/mol. The van der Waals surface area contributed by atoms with E-state index in [-0.39, 0.29) is 0 Å². The fourth-order valence-electron chi connectivity index (χ4n) is 3.95. The van der Waals surface area contributed by atoms with Crippen molar-refractivity contribution in [1.82, 2.24) is 5.43 Å². The smallest absolute Gasteiger partial charge is 0.0496 e. The molecule has 1 aromatic rings. The number of nitrogens with one attached hydrogen (secondary N) is 1. The number of benzene rings is 1. The molecule has 3 N–H and O–H groups in total. The second-order valence-electron chi connectivity index (χ2n) is 5.84. The summed E-state index contributed by atoms with van der Waals surface area (Å²) in [5.41, 5.74) is 7.17. The summed E-state index contributed by atoms with van der Waals surface area (Å²) in [6.07, 6.45) is 4.26. The Balaban J connectivity index is 1.85. The third kappa shape index (κ3) is 1.80. The zero-order valence-electron chi connectivity index (χ0n) is 10.7. The van der Waals surface area contributed by atoms with Crippen LogP contribution in [-0.4, -0.2) is 0 Å². The summed E-state index contributed by atoms with van der Waals surface area (Å²) < 4.78 is 0. The van der Waals surface area contributed by atoms with Crippen LogP contribution in [-0.2, 0) is 0 Å². The van der Waals surface area contributed by atoms with E-state index in [0.29, 0.717) is 6.04 Å². The number of hydrogen-bond acceptors (Lipinski definition) is 2. The average molecular weight is 230 g/mol. The van der Waals surface area contributed by atoms with Crippen molar-refractivity contribution >= 4 is 0 Å². The van der Waals surface area contributed by atoms with Gasteiger partial charge in [0.05, 0.1) is 0 Å². The molecular weight excluding hydrogens is 208 g/mol. The maximum atomic E-state index is 5.81. The lowest BCUT2D eigenvalue weighted by molar-refractivity contribution is 0.424. The van der Waals surface area contributed by atoms with Crippen molar-refractivity contribution in [2.24, 2.45) is 23.6 Å². The molecule has 0 radical (unpaired) electrons. The standard InChI is InChI=1S/C15H22N2/c1-9-6-7-11(10(2)8-9)15(17-16)14-12-4-3-5-13(12)14/h6-8,12-15,17H,3-5,16H2,1-2H3. The molecule has 0 bridgehead atoms. The summed E-state index contributed by atoms with van der Waals surface area (Å²) in [7, 11) is 0. The van der Waals surface area contributed by atoms with Gasteiger partial charge in [-0.25, -0.2) is 0 Å². The quantitative estimate of drug-likeness (QED) is 0.619. The van der Waals surface area contributed by atoms with Gasteiger partial charge < -0.3 is 0 Å². The highest BCUT2D eigenvalue weighted by atomic mass is 15.2. The minimum Gasteiger partial charge on any atom is -0.271 e. The van der Waals surface area contributed by atoms with Gasteiger partial charge in [0.25, 0.3) is 0 Å². The average Bonchev–Trinajstić information content (AvgIpc) is 2.77. The van der Waals surface area contributed by atoms with Gasteiger partial charge in [-0.2, -0.15) is 0 Å². The van der Waals surface area contributed by atoms with Crippen LogP contribution in [0.2, 0.25) is 0 Å². The first kappa shape index (κ1) is 11.2. The van der Waals surface area contributed by atoms with Crippen molar-refractivity contribution in [3.05, 3.63) is 34.9 Å². The Morgan fingerprint density at radius 2 is 1.94 bits per heavy atom. The molecule has 17 heavy (non-hydrogen) atoms. The van der Waals surface area contributed by atoms with E-state index in [0.717, 1.165) is 17.8 Å². The van der Waals surface area contributed by atoms with E-state index in [9.17, 15) is 0 Å². The maximum absolute atomic E-state index is 5.81. The number of hydrazine groups is 1. The van der Waals surface area contributed by atoms with Gasteiger partial charge >= 0.3 is 0 Å². The molecule has 2 heteroatoms. The molecule has 0 aromatic heterocycles. The summed E-state index contributed by atoms with van der Waals surface area (Å²) in [5, 5.41) is 0. The van der Waals surface area contributed by atoms with E-state index >= 15 is 0 Å². The van der Waals surface area contributed by atoms with Gasteiger partial charge in [0.15, 0.2) is 0 Å². The lowest BCUT2D eigenvalue weighted by Gasteiger charge is -2.20. The predicted molar refractivity (Wildman–Crippen MR) is 70.3 cm³/mol. The Labute approximate surface area is 104 Å². The number of fused-ring (bicyclic) bond motifs is 1. The molecule has 3 unspecified atom stereocenters. The van der Waals surface area contributed by atoms with Gasteiger partial charge in [-0.05, 0) is 55.6 Å². The minimum absolute atomic E-state index is 0.367. The van der Waals surface area contributed by atoms with Crippen LogP contribution in [0.4, 0.5) is 0 Å². The summed E-state index contributed by atoms with van der Waals surface area (Å²) in [6, 6.07) is 7.08. The Bertz CT molecular complexity index is 417. The first-order chi connectivity index (χ1) is 8.22. The zero-order chi connectivity index (χ0) is 12.0. The van der Waals surface area contributed by atoms with Crippen LogP contribution in [0.3, 0.4) is 0 Å². The molecule has 0 aliphatic heterocycles. The molecule has 0 heterocycles. The van der Waals surface area contributed by atoms with Crippen molar-refractivity contribution in [3.8, 4) is 0 Å². The van der Waals surface area contributed by atoms with Crippen molar-refractivity contribution in [2.45, 2.75) is 39.2 Å². The molecular formula is C15H22N2. The topological polar surface area (TPSA) is 38.0 Å². The van der Waals surface area contributed by atoms with Gasteiger partial charge in [-0.3, -0.25) is 11.3 Å². The molecule has 92 valence electrons. The first-order valence-electron chi connectivity index (χ1n) is 6.75. The van der Waals surface area contributed by atoms with Crippen LogP contribution >= 0.6 is 0 Å². The van der Waals surface area contributed by atoms with Gasteiger partial charge in [0.2, 0.25) is 0 Å². The van der Waals surface area contributed by atoms with Gasteiger partial charge in [-0.1, -0.05) is 30.2 Å². The first-order valence-corrected chi connectivity index (χ1v) is 6.75. The van der Waals surface area contributed by atoms with Crippen molar-refractivity contribution in [2.75, 3.05) is 0 Å². The summed E-state index contributed by atoms with van der Waals surface area (Å²) >= 11 is 0. The molecule has 2 fully saturated rings. The van der Waals surface area contributed by atoms with Crippen LogP contribution in [0.5, 0.6) is 0 Å². The number of rotatable bonds is 3. The highest BCUT2D eigenvalue weighted by Gasteiger charge is 2.56. The van der Waals surface area contributed by atoms with Crippen LogP contribution in [0.15, 0.2) is 18.2 Å². The molecule has 0 saturated heterocycles. The van der Waals surface area contributed by atoms with Crippen molar-refractivity contribution in [1.29, 1.82) is 0 Å². The largest absolute Gasteiger partial charge is 0.271 e. The van der Waals surface area contributed by atoms with E-state index in [2.05, 4.69) is 37.5 Å². The van der Waals surface area contributed by atoms with Gasteiger partial charge in [0, 0.05) is 6.04 Å². The van der Waals surface area contributed by atoms with E-state index in [4.69, 9.17) is 5.84 Å². The highest BCUT2D eigenvalue weighted by molar-refractivity contribution is 5.34. The lowest BCUT2D eigenvalue weighted by atomic mass is 9.93. The maximum Gasteiger partial charge on any atom is 0.0496 e. The molecule has 2 saturated carbocycles. The fourth-order valence-corrected chi connectivity index (χ4v) is 3.95. The highest BCUT2D eigenvalue weighted by Crippen LogP contribution is 2.62. The second kappa shape index (κ2) is 4.11. The van der Waals surface area contributed by atoms with Crippen LogP contribution in [0.25, 0.3) is 0 Å². The third-order valence-corrected chi connectivity index (χ3v) is 4.80. The van der Waals surface area contributed by atoms with Crippen LogP contribution < -0.4 is 11.3 Å². The molecule has 3 rings (SSSR count). The molecule has 1 aromatic carbocycles. The second-order valence-corrected chi connectivity index (χ2v) is 5.84. The fraction of sp³-hybridized carbons (Fsp3) is 0.600. The summed E-state index contributed by atoms with van der Waals surface area (Å²) in [6.45, 7) is 4.35. The van der Waals surface area contributed by atoms with Gasteiger partial charge in [0.1, 0.15) is 0 Å². The molecule has 2 aliphatic rings. The minimum atomic E-state index is 0.367. The molecule has 0 amide bonds. The molecule has 2 aliphatic carbocycles. The molecule has 3 atom stereocenters. The predicted octanol–water partition coefficient (Wildman–Crippen LogP) is 2.85. The van der Waals surface area contributed by atoms with Crippen molar-refractivity contribution in [3.63, 3.8) is 0 Å². The Kier molecular flexibility index (Phi) is 2.72. The normalized spacial score (nSPS) is 32.3. The zero-order valence-corrected chi connectivity index (χ0v) is 10.7. The van der Waals surface area contributed by atoms with Crippen molar-refractivity contribution < 1.29 is 0 Å². The summed E-state index contributed by atoms with van der Waals surface area (Å²) in [4.78, 5) is 0. The number of hydrogen-bond donors (Lipinski definition) is 2. The molecule has 2 nitrogen and oxygen atoms in total. The Hall–Kier alpha value is -0.860. The SMILES string of the molecule is Cc1ccc(C(NN)C2C3CCCC32)c(C)c1. The van der Waals surface area contributed by atoms with E-state index in [1.54, 1.807) is 0 Å². The lowest BCUT2D eigenvalue weighted by Crippen LogP contribution is -2.31. The number of aryl methyl sites for hydroxylation is 2. The Morgan fingerprint density at radius 3 is 2.53 bits per heavy atom. The van der Waals surface area contributed by atoms with Crippen LogP contribution in [0.1, 0.15) is 42.0 Å². The number of nitrogens with two attached hydrogens (primary N) is 1.